The lowest BCUT2D eigenvalue weighted by Crippen LogP contribution is -2.15. The van der Waals surface area contributed by atoms with E-state index in [1.54, 1.807) is 11.8 Å². The SMILES string of the molecule is CCCNCc1cnc(Oc2ccc(SC)cc2)nc1C. The zero-order chi connectivity index (χ0) is 15.1. The van der Waals surface area contributed by atoms with Gasteiger partial charge in [0, 0.05) is 28.9 Å². The number of nitrogens with one attached hydrogen (secondary N) is 1. The largest absolute Gasteiger partial charge is 0.424 e. The van der Waals surface area contributed by atoms with Crippen molar-refractivity contribution in [1.29, 1.82) is 0 Å². The summed E-state index contributed by atoms with van der Waals surface area (Å²) in [4.78, 5) is 9.89. The molecule has 4 nitrogen and oxygen atoms in total. The van der Waals surface area contributed by atoms with Crippen LogP contribution in [0.2, 0.25) is 0 Å². The average molecular weight is 303 g/mol. The number of rotatable bonds is 7. The Balaban J connectivity index is 2.01. The summed E-state index contributed by atoms with van der Waals surface area (Å²) in [6.45, 7) is 5.92. The van der Waals surface area contributed by atoms with Crippen LogP contribution in [-0.4, -0.2) is 22.8 Å². The minimum atomic E-state index is 0.392. The van der Waals surface area contributed by atoms with Gasteiger partial charge in [0.05, 0.1) is 0 Å². The second-order valence-corrected chi connectivity index (χ2v) is 5.60. The first kappa shape index (κ1) is 15.8. The minimum Gasteiger partial charge on any atom is -0.424 e. The van der Waals surface area contributed by atoms with Crippen molar-refractivity contribution in [3.8, 4) is 11.8 Å². The van der Waals surface area contributed by atoms with Gasteiger partial charge in [0.25, 0.3) is 0 Å². The van der Waals surface area contributed by atoms with E-state index in [0.717, 1.165) is 36.5 Å². The van der Waals surface area contributed by atoms with E-state index >= 15 is 0 Å². The molecule has 0 aliphatic heterocycles. The van der Waals surface area contributed by atoms with Gasteiger partial charge in [-0.1, -0.05) is 6.92 Å². The van der Waals surface area contributed by atoms with Crippen molar-refractivity contribution in [2.75, 3.05) is 12.8 Å². The van der Waals surface area contributed by atoms with E-state index in [9.17, 15) is 0 Å². The van der Waals surface area contributed by atoms with Crippen molar-refractivity contribution in [3.63, 3.8) is 0 Å². The zero-order valence-electron chi connectivity index (χ0n) is 12.7. The highest BCUT2D eigenvalue weighted by atomic mass is 32.2. The Morgan fingerprint density at radius 1 is 1.24 bits per heavy atom. The molecule has 2 rings (SSSR count). The maximum atomic E-state index is 5.69. The number of thioether (sulfide) groups is 1. The first-order valence-electron chi connectivity index (χ1n) is 7.08. The zero-order valence-corrected chi connectivity index (χ0v) is 13.5. The van der Waals surface area contributed by atoms with Crippen molar-refractivity contribution < 1.29 is 4.74 Å². The highest BCUT2D eigenvalue weighted by Crippen LogP contribution is 2.22. The van der Waals surface area contributed by atoms with Gasteiger partial charge in [0.2, 0.25) is 0 Å². The molecule has 0 bridgehead atoms. The minimum absolute atomic E-state index is 0.392. The predicted octanol–water partition coefficient (Wildman–Crippen LogP) is 3.80. The van der Waals surface area contributed by atoms with Crippen LogP contribution in [0.25, 0.3) is 0 Å². The van der Waals surface area contributed by atoms with Crippen LogP contribution < -0.4 is 10.1 Å². The Hall–Kier alpha value is -1.59. The maximum absolute atomic E-state index is 5.69. The lowest BCUT2D eigenvalue weighted by atomic mass is 10.2. The van der Waals surface area contributed by atoms with E-state index in [4.69, 9.17) is 4.74 Å². The van der Waals surface area contributed by atoms with Gasteiger partial charge in [0.15, 0.2) is 0 Å². The van der Waals surface area contributed by atoms with E-state index in [1.165, 1.54) is 4.90 Å². The van der Waals surface area contributed by atoms with Gasteiger partial charge in [0.1, 0.15) is 5.75 Å². The van der Waals surface area contributed by atoms with Crippen LogP contribution in [0.1, 0.15) is 24.6 Å². The summed E-state index contributed by atoms with van der Waals surface area (Å²) in [5, 5.41) is 3.35. The lowest BCUT2D eigenvalue weighted by molar-refractivity contribution is 0.438. The lowest BCUT2D eigenvalue weighted by Gasteiger charge is -2.09. The number of aryl methyl sites for hydroxylation is 1. The molecule has 0 atom stereocenters. The van der Waals surface area contributed by atoms with Gasteiger partial charge in [-0.3, -0.25) is 0 Å². The first-order valence-corrected chi connectivity index (χ1v) is 8.30. The smallest absolute Gasteiger partial charge is 0.322 e. The molecule has 1 N–H and O–H groups in total. The Labute approximate surface area is 130 Å². The molecule has 5 heteroatoms. The molecule has 1 aromatic heterocycles. The first-order chi connectivity index (χ1) is 10.2. The summed E-state index contributed by atoms with van der Waals surface area (Å²) in [7, 11) is 0. The third-order valence-corrected chi connectivity index (χ3v) is 3.81. The molecule has 0 amide bonds. The van der Waals surface area contributed by atoms with Crippen molar-refractivity contribution in [1.82, 2.24) is 15.3 Å². The van der Waals surface area contributed by atoms with Crippen LogP contribution in [0.5, 0.6) is 11.8 Å². The molecular formula is C16H21N3OS. The van der Waals surface area contributed by atoms with Gasteiger partial charge >= 0.3 is 6.01 Å². The molecule has 0 unspecified atom stereocenters. The summed E-state index contributed by atoms with van der Waals surface area (Å²) in [5.41, 5.74) is 2.05. The molecule has 0 fully saturated rings. The third-order valence-electron chi connectivity index (χ3n) is 3.07. The van der Waals surface area contributed by atoms with Crippen molar-refractivity contribution in [3.05, 3.63) is 41.7 Å². The fourth-order valence-corrected chi connectivity index (χ4v) is 2.25. The van der Waals surface area contributed by atoms with Gasteiger partial charge in [-0.05, 0) is 50.4 Å². The molecular weight excluding hydrogens is 282 g/mol. The highest BCUT2D eigenvalue weighted by Gasteiger charge is 2.05. The summed E-state index contributed by atoms with van der Waals surface area (Å²) >= 11 is 1.70. The van der Waals surface area contributed by atoms with Crippen molar-refractivity contribution in [2.45, 2.75) is 31.7 Å². The fourth-order valence-electron chi connectivity index (χ4n) is 1.84. The van der Waals surface area contributed by atoms with E-state index in [1.807, 2.05) is 43.6 Å². The normalized spacial score (nSPS) is 10.6. The van der Waals surface area contributed by atoms with E-state index < -0.39 is 0 Å². The number of benzene rings is 1. The monoisotopic (exact) mass is 303 g/mol. The third kappa shape index (κ3) is 4.72. The molecule has 0 aliphatic rings. The molecule has 2 aromatic rings. The second-order valence-electron chi connectivity index (χ2n) is 4.72. The van der Waals surface area contributed by atoms with E-state index in [0.29, 0.717) is 6.01 Å². The Morgan fingerprint density at radius 3 is 2.62 bits per heavy atom. The number of hydrogen-bond donors (Lipinski definition) is 1. The van der Waals surface area contributed by atoms with E-state index in [2.05, 4.69) is 22.2 Å². The van der Waals surface area contributed by atoms with Crippen LogP contribution in [0.15, 0.2) is 35.4 Å². The standard InChI is InChI=1S/C16H21N3OS/c1-4-9-17-10-13-11-18-16(19-12(13)2)20-14-5-7-15(21-3)8-6-14/h5-8,11,17H,4,9-10H2,1-3H3. The number of nitrogens with zero attached hydrogens (tertiary/aromatic N) is 2. The molecule has 0 aliphatic carbocycles. The number of hydrogen-bond acceptors (Lipinski definition) is 5. The quantitative estimate of drug-likeness (QED) is 0.623. The summed E-state index contributed by atoms with van der Waals surface area (Å²) in [6.07, 6.45) is 5.00. The average Bonchev–Trinajstić information content (AvgIpc) is 2.50. The Bertz CT molecular complexity index is 572. The molecule has 1 heterocycles. The second kappa shape index (κ2) is 8.00. The topological polar surface area (TPSA) is 47.0 Å². The molecule has 1 aromatic carbocycles. The summed E-state index contributed by atoms with van der Waals surface area (Å²) in [6, 6.07) is 8.30. The van der Waals surface area contributed by atoms with E-state index in [-0.39, 0.29) is 0 Å². The van der Waals surface area contributed by atoms with Gasteiger partial charge in [-0.2, -0.15) is 4.98 Å². The predicted molar refractivity (Wildman–Crippen MR) is 87.1 cm³/mol. The number of aromatic nitrogens is 2. The molecule has 0 spiro atoms. The van der Waals surface area contributed by atoms with Crippen LogP contribution in [0.4, 0.5) is 0 Å². The molecule has 0 saturated heterocycles. The van der Waals surface area contributed by atoms with Gasteiger partial charge in [-0.25, -0.2) is 4.98 Å². The van der Waals surface area contributed by atoms with Crippen LogP contribution in [0.3, 0.4) is 0 Å². The molecule has 112 valence electrons. The molecule has 0 saturated carbocycles. The van der Waals surface area contributed by atoms with Crippen LogP contribution in [-0.2, 0) is 6.54 Å². The number of ether oxygens (including phenoxy) is 1. The summed E-state index contributed by atoms with van der Waals surface area (Å²) < 4.78 is 5.69. The maximum Gasteiger partial charge on any atom is 0.322 e. The van der Waals surface area contributed by atoms with Crippen LogP contribution in [0, 0.1) is 6.92 Å². The highest BCUT2D eigenvalue weighted by molar-refractivity contribution is 7.98. The molecule has 21 heavy (non-hydrogen) atoms. The van der Waals surface area contributed by atoms with Crippen LogP contribution >= 0.6 is 11.8 Å². The van der Waals surface area contributed by atoms with Gasteiger partial charge < -0.3 is 10.1 Å². The Morgan fingerprint density at radius 2 is 2.00 bits per heavy atom. The van der Waals surface area contributed by atoms with Crippen molar-refractivity contribution in [2.24, 2.45) is 0 Å². The van der Waals surface area contributed by atoms with Gasteiger partial charge in [-0.15, -0.1) is 11.8 Å². The fraction of sp³-hybridized carbons (Fsp3) is 0.375. The molecule has 0 radical (unpaired) electrons. The Kier molecular flexibility index (Phi) is 6.02. The van der Waals surface area contributed by atoms with Crippen molar-refractivity contribution >= 4 is 11.8 Å². The summed E-state index contributed by atoms with van der Waals surface area (Å²) in [5.74, 6) is 0.754.